The first-order valence-electron chi connectivity index (χ1n) is 1.87. The van der Waals surface area contributed by atoms with Crippen LogP contribution in [0.3, 0.4) is 0 Å². The molecule has 0 aliphatic rings. The van der Waals surface area contributed by atoms with E-state index >= 15 is 0 Å². The predicted molar refractivity (Wildman–Crippen MR) is 24.0 cm³/mol. The normalized spacial score (nSPS) is 11.3. The fraction of sp³-hybridized carbons (Fsp3) is 0.200. The molecule has 1 heteroatoms. The summed E-state index contributed by atoms with van der Waals surface area (Å²) in [4.78, 5) is 0. The van der Waals surface area contributed by atoms with Gasteiger partial charge in [-0.05, 0) is 0 Å². The molecule has 0 heterocycles. The van der Waals surface area contributed by atoms with Crippen LogP contribution in [-0.4, -0.2) is 0 Å². The average Bonchev–Trinajstić information content (AvgIpc) is 1.61. The predicted octanol–water partition coefficient (Wildman–Crippen LogP) is 1.63. The molecular weight excluding hydrogens is 204 g/mol. The molecule has 0 saturated carbocycles. The Hall–Kier alpha value is 0.831. The summed E-state index contributed by atoms with van der Waals surface area (Å²) >= 11 is 1.17. The van der Waals surface area contributed by atoms with Crippen LogP contribution in [0.1, 0.15) is 6.92 Å². The van der Waals surface area contributed by atoms with Crippen LogP contribution in [0, 0.1) is 38.8 Å². The van der Waals surface area contributed by atoms with Crippen LogP contribution in [-0.2, 0) is 0 Å². The van der Waals surface area contributed by atoms with E-state index in [1.165, 1.54) is 38.8 Å². The van der Waals surface area contributed by atoms with Gasteiger partial charge in [-0.2, -0.15) is 0 Å². The van der Waals surface area contributed by atoms with Crippen molar-refractivity contribution in [2.45, 2.75) is 6.92 Å². The van der Waals surface area contributed by atoms with Crippen LogP contribution in [0.4, 0.5) is 0 Å². The molecule has 0 nitrogen and oxygen atoms in total. The Labute approximate surface area is 64.9 Å². The third-order valence-electron chi connectivity index (χ3n) is 0.400. The minimum absolute atomic E-state index is 1.17. The number of allylic oxidation sites excluding steroid dienone is 3. The van der Waals surface area contributed by atoms with Gasteiger partial charge in [-0.25, -0.2) is 0 Å². The zero-order valence-electron chi connectivity index (χ0n) is 3.81. The van der Waals surface area contributed by atoms with Crippen LogP contribution >= 0.6 is 0 Å². The van der Waals surface area contributed by atoms with Crippen molar-refractivity contribution in [1.82, 2.24) is 0 Å². The average molecular weight is 211 g/mol. The summed E-state index contributed by atoms with van der Waals surface area (Å²) in [7, 11) is 0. The van der Waals surface area contributed by atoms with Gasteiger partial charge in [0.2, 0.25) is 0 Å². The van der Waals surface area contributed by atoms with Crippen LogP contribution in [0.15, 0.2) is 20.0 Å². The second kappa shape index (κ2) is 5.83. The Kier molecular flexibility index (Phi) is 6.64. The Balaban J connectivity index is 3.07. The minimum atomic E-state index is 1.17. The van der Waals surface area contributed by atoms with Gasteiger partial charge in [0.15, 0.2) is 0 Å². The molecule has 0 N–H and O–H groups in total. The van der Waals surface area contributed by atoms with Crippen molar-refractivity contribution in [3.8, 4) is 0 Å². The second-order valence-corrected chi connectivity index (χ2v) is 1.95. The molecule has 0 aromatic heterocycles. The van der Waals surface area contributed by atoms with Gasteiger partial charge in [-0.3, -0.25) is 0 Å². The molecule has 0 unspecified atom stereocenters. The quantitative estimate of drug-likeness (QED) is 0.578. The standard InChI is InChI=1S/C5H7.Nd/c1-3-5-4-2;/h1,3-5H,2H3;. The van der Waals surface area contributed by atoms with Crippen molar-refractivity contribution < 1.29 is 38.8 Å². The Bertz CT molecular complexity index is 52.3. The van der Waals surface area contributed by atoms with Gasteiger partial charge in [0.1, 0.15) is 0 Å². The van der Waals surface area contributed by atoms with Gasteiger partial charge in [0.05, 0.1) is 0 Å². The summed E-state index contributed by atoms with van der Waals surface area (Å²) in [5.41, 5.74) is 0. The van der Waals surface area contributed by atoms with Gasteiger partial charge in [0.25, 0.3) is 0 Å². The fourth-order valence-electron chi connectivity index (χ4n) is 0.167. The zero-order valence-corrected chi connectivity index (χ0v) is 7.02. The van der Waals surface area contributed by atoms with E-state index < -0.39 is 0 Å². The molecule has 0 aliphatic heterocycles. The van der Waals surface area contributed by atoms with E-state index in [9.17, 15) is 0 Å². The summed E-state index contributed by atoms with van der Waals surface area (Å²) in [6.45, 7) is 2.02. The van der Waals surface area contributed by atoms with Crippen LogP contribution in [0.25, 0.3) is 0 Å². The molecule has 0 atom stereocenters. The fourth-order valence-corrected chi connectivity index (χ4v) is 0.523. The van der Waals surface area contributed by atoms with E-state index in [-0.39, 0.29) is 0 Å². The van der Waals surface area contributed by atoms with E-state index in [2.05, 4.69) is 7.80 Å². The first-order chi connectivity index (χ1) is 2.91. The van der Waals surface area contributed by atoms with Crippen LogP contribution < -0.4 is 0 Å². The molecule has 31 valence electrons. The van der Waals surface area contributed by atoms with Gasteiger partial charge >= 0.3 is 65.7 Å². The summed E-state index contributed by atoms with van der Waals surface area (Å²) in [6.07, 6.45) is 6.12. The molecule has 0 aliphatic carbocycles. The maximum absolute atomic E-state index is 2.14. The molecule has 0 rings (SSSR count). The molecule has 6 heavy (non-hydrogen) atoms. The third kappa shape index (κ3) is 4.83. The third-order valence-corrected chi connectivity index (χ3v) is 1.02. The number of hydrogen-bond acceptors (Lipinski definition) is 0. The molecule has 0 aromatic carbocycles. The Morgan fingerprint density at radius 3 is 2.17 bits per heavy atom. The van der Waals surface area contributed by atoms with Crippen molar-refractivity contribution in [3.05, 3.63) is 20.0 Å². The van der Waals surface area contributed by atoms with Gasteiger partial charge in [0, 0.05) is 0 Å². The molecule has 0 bridgehead atoms. The van der Waals surface area contributed by atoms with E-state index in [4.69, 9.17) is 0 Å². The van der Waals surface area contributed by atoms with Crippen LogP contribution in [0.5, 0.6) is 0 Å². The van der Waals surface area contributed by atoms with E-state index in [1.807, 2.05) is 19.1 Å². The van der Waals surface area contributed by atoms with Crippen molar-refractivity contribution in [2.24, 2.45) is 0 Å². The molecule has 0 aromatic rings. The Morgan fingerprint density at radius 1 is 1.33 bits per heavy atom. The summed E-state index contributed by atoms with van der Waals surface area (Å²) < 4.78 is 2.14. The van der Waals surface area contributed by atoms with Crippen molar-refractivity contribution in [2.75, 3.05) is 0 Å². The molecule has 0 saturated heterocycles. The molecular formula is C5H7Nd. The molecule has 0 radical (unpaired) electrons. The Morgan fingerprint density at radius 2 is 2.00 bits per heavy atom. The van der Waals surface area contributed by atoms with E-state index in [0.717, 1.165) is 0 Å². The zero-order chi connectivity index (χ0) is 4.83. The maximum atomic E-state index is 2.14. The topological polar surface area (TPSA) is 0 Å². The van der Waals surface area contributed by atoms with Gasteiger partial charge < -0.3 is 0 Å². The SMILES string of the molecule is CC=CC=[CH][Nd]. The first-order valence-corrected chi connectivity index (χ1v) is 3.72. The van der Waals surface area contributed by atoms with Gasteiger partial charge in [-0.15, -0.1) is 0 Å². The van der Waals surface area contributed by atoms with Crippen molar-refractivity contribution >= 4 is 0 Å². The number of hydrogen-bond donors (Lipinski definition) is 0. The van der Waals surface area contributed by atoms with Gasteiger partial charge in [-0.1, -0.05) is 0 Å². The monoisotopic (exact) mass is 209 g/mol. The summed E-state index contributed by atoms with van der Waals surface area (Å²) in [5, 5.41) is 0. The second-order valence-electron chi connectivity index (χ2n) is 0.885. The van der Waals surface area contributed by atoms with E-state index in [0.29, 0.717) is 0 Å². The van der Waals surface area contributed by atoms with Crippen molar-refractivity contribution in [3.63, 3.8) is 0 Å². The molecule has 0 spiro atoms. The molecule has 0 amide bonds. The summed E-state index contributed by atoms with van der Waals surface area (Å²) in [6, 6.07) is 0. The number of rotatable bonds is 1. The molecule has 0 fully saturated rings. The summed E-state index contributed by atoms with van der Waals surface area (Å²) in [5.74, 6) is 0. The van der Waals surface area contributed by atoms with Crippen LogP contribution in [0.2, 0.25) is 0 Å². The first kappa shape index (κ1) is 6.83. The van der Waals surface area contributed by atoms with Crippen molar-refractivity contribution in [1.29, 1.82) is 0 Å². The van der Waals surface area contributed by atoms with E-state index in [1.54, 1.807) is 0 Å².